The summed E-state index contributed by atoms with van der Waals surface area (Å²) in [6.07, 6.45) is 9.30. The summed E-state index contributed by atoms with van der Waals surface area (Å²) in [5.74, 6) is -0.176. The normalized spacial score (nSPS) is 25.4. The van der Waals surface area contributed by atoms with Gasteiger partial charge in [-0.05, 0) is 68.8 Å². The molecular formula is C26H38N4O3S2. The first kappa shape index (κ1) is 26.2. The Hall–Kier alpha value is -1.87. The van der Waals surface area contributed by atoms with Crippen molar-refractivity contribution in [1.29, 1.82) is 0 Å². The lowest BCUT2D eigenvalue weighted by molar-refractivity contribution is -0.124. The number of aryl methyl sites for hydroxylation is 1. The van der Waals surface area contributed by atoms with E-state index in [0.717, 1.165) is 61.4 Å². The molecule has 0 aliphatic heterocycles. The molecule has 4 rings (SSSR count). The lowest BCUT2D eigenvalue weighted by atomic mass is 9.81. The van der Waals surface area contributed by atoms with E-state index in [4.69, 9.17) is 0 Å². The van der Waals surface area contributed by atoms with E-state index >= 15 is 0 Å². The van der Waals surface area contributed by atoms with Crippen LogP contribution in [0.4, 0.5) is 5.69 Å². The molecule has 35 heavy (non-hydrogen) atoms. The first-order chi connectivity index (χ1) is 16.5. The van der Waals surface area contributed by atoms with Crippen LogP contribution in [0.15, 0.2) is 17.6 Å². The molecule has 9 heteroatoms. The number of carboxylic acids is 1. The molecule has 2 fully saturated rings. The van der Waals surface area contributed by atoms with Crippen LogP contribution in [0.25, 0.3) is 0 Å². The van der Waals surface area contributed by atoms with Crippen LogP contribution in [0.3, 0.4) is 0 Å². The van der Waals surface area contributed by atoms with Crippen molar-refractivity contribution in [3.63, 3.8) is 0 Å². The number of nitrogens with zero attached hydrogens (tertiary/aromatic N) is 4. The van der Waals surface area contributed by atoms with Gasteiger partial charge in [-0.25, -0.2) is 4.79 Å². The van der Waals surface area contributed by atoms with Crippen LogP contribution in [-0.4, -0.2) is 43.0 Å². The van der Waals surface area contributed by atoms with Gasteiger partial charge < -0.3 is 14.6 Å². The highest BCUT2D eigenvalue weighted by Crippen LogP contribution is 2.43. The van der Waals surface area contributed by atoms with Gasteiger partial charge in [0, 0.05) is 29.1 Å². The molecule has 1 amide bonds. The van der Waals surface area contributed by atoms with Crippen LogP contribution >= 0.6 is 23.1 Å². The molecule has 0 saturated heterocycles. The van der Waals surface area contributed by atoms with Crippen molar-refractivity contribution in [3.8, 4) is 0 Å². The molecular weight excluding hydrogens is 480 g/mol. The maximum Gasteiger partial charge on any atom is 0.348 e. The Morgan fingerprint density at radius 2 is 1.77 bits per heavy atom. The zero-order chi connectivity index (χ0) is 25.3. The first-order valence-corrected chi connectivity index (χ1v) is 14.5. The number of amides is 1. The van der Waals surface area contributed by atoms with Gasteiger partial charge >= 0.3 is 5.97 Å². The van der Waals surface area contributed by atoms with Gasteiger partial charge in [0.15, 0.2) is 5.16 Å². The smallest absolute Gasteiger partial charge is 0.348 e. The van der Waals surface area contributed by atoms with Gasteiger partial charge in [-0.3, -0.25) is 4.79 Å². The minimum Gasteiger partial charge on any atom is -0.477 e. The second kappa shape index (κ2) is 10.6. The number of thioether (sulfide) groups is 1. The van der Waals surface area contributed by atoms with Gasteiger partial charge in [0.25, 0.3) is 0 Å². The molecule has 2 saturated carbocycles. The topological polar surface area (TPSA) is 88.3 Å². The molecule has 1 N–H and O–H groups in total. The maximum atomic E-state index is 14.0. The highest BCUT2D eigenvalue weighted by Gasteiger charge is 2.38. The van der Waals surface area contributed by atoms with Crippen molar-refractivity contribution in [2.75, 3.05) is 4.90 Å². The average molecular weight is 519 g/mol. The zero-order valence-electron chi connectivity index (χ0n) is 21.5. The van der Waals surface area contributed by atoms with Crippen molar-refractivity contribution in [2.45, 2.75) is 101 Å². The molecule has 2 aliphatic rings. The van der Waals surface area contributed by atoms with Crippen LogP contribution in [0, 0.1) is 11.8 Å². The summed E-state index contributed by atoms with van der Waals surface area (Å²) in [5, 5.41) is 19.6. The predicted octanol–water partition coefficient (Wildman–Crippen LogP) is 6.14. The monoisotopic (exact) mass is 518 g/mol. The van der Waals surface area contributed by atoms with Crippen LogP contribution in [0.1, 0.15) is 93.6 Å². The highest BCUT2D eigenvalue weighted by molar-refractivity contribution is 7.99. The van der Waals surface area contributed by atoms with E-state index < -0.39 is 5.97 Å². The van der Waals surface area contributed by atoms with Crippen LogP contribution in [0.5, 0.6) is 0 Å². The van der Waals surface area contributed by atoms with E-state index in [1.807, 2.05) is 22.6 Å². The number of aromatic nitrogens is 3. The van der Waals surface area contributed by atoms with Gasteiger partial charge in [0.1, 0.15) is 11.2 Å². The molecule has 0 bridgehead atoms. The van der Waals surface area contributed by atoms with Crippen molar-refractivity contribution < 1.29 is 14.7 Å². The minimum atomic E-state index is -0.943. The number of rotatable bonds is 6. The lowest BCUT2D eigenvalue weighted by Gasteiger charge is -2.39. The molecule has 2 aromatic heterocycles. The van der Waals surface area contributed by atoms with Crippen LogP contribution < -0.4 is 4.90 Å². The number of aromatic carboxylic acids is 1. The van der Waals surface area contributed by atoms with E-state index in [1.165, 1.54) is 11.3 Å². The molecule has 0 spiro atoms. The van der Waals surface area contributed by atoms with Crippen LogP contribution in [-0.2, 0) is 17.3 Å². The lowest BCUT2D eigenvalue weighted by Crippen LogP contribution is -2.46. The van der Waals surface area contributed by atoms with Gasteiger partial charge in [-0.2, -0.15) is 0 Å². The number of hydrogen-bond acceptors (Lipinski definition) is 6. The average Bonchev–Trinajstić information content (AvgIpc) is 3.42. The van der Waals surface area contributed by atoms with Crippen molar-refractivity contribution in [2.24, 2.45) is 18.9 Å². The summed E-state index contributed by atoms with van der Waals surface area (Å²) in [4.78, 5) is 29.6. The summed E-state index contributed by atoms with van der Waals surface area (Å²) in [6.45, 7) is 8.54. The minimum absolute atomic E-state index is 0.0171. The maximum absolute atomic E-state index is 14.0. The molecule has 192 valence electrons. The van der Waals surface area contributed by atoms with Gasteiger partial charge in [0.05, 0.1) is 5.69 Å². The third kappa shape index (κ3) is 5.93. The number of anilines is 1. The van der Waals surface area contributed by atoms with Crippen LogP contribution in [0.2, 0.25) is 0 Å². The third-order valence-corrected chi connectivity index (χ3v) is 10.4. The summed E-state index contributed by atoms with van der Waals surface area (Å²) >= 11 is 3.07. The second-order valence-electron chi connectivity index (χ2n) is 11.3. The third-order valence-electron chi connectivity index (χ3n) is 7.46. The quantitative estimate of drug-likeness (QED) is 0.494. The molecule has 0 atom stereocenters. The van der Waals surface area contributed by atoms with Crippen molar-refractivity contribution in [1.82, 2.24) is 14.8 Å². The Bertz CT molecular complexity index is 1040. The Morgan fingerprint density at radius 1 is 1.11 bits per heavy atom. The molecule has 2 aromatic rings. The van der Waals surface area contributed by atoms with E-state index in [0.29, 0.717) is 21.7 Å². The van der Waals surface area contributed by atoms with Gasteiger partial charge in [-0.15, -0.1) is 21.5 Å². The molecule has 0 radical (unpaired) electrons. The summed E-state index contributed by atoms with van der Waals surface area (Å²) < 4.78 is 1.94. The molecule has 2 aliphatic carbocycles. The van der Waals surface area contributed by atoms with E-state index in [2.05, 4.69) is 37.9 Å². The Labute approximate surface area is 216 Å². The Kier molecular flexibility index (Phi) is 7.95. The van der Waals surface area contributed by atoms with Crippen molar-refractivity contribution >= 4 is 40.7 Å². The standard InChI is InChI=1S/C26H38N4O3S2/c1-16-6-8-17(9-7-16)23(31)30(20-14-21(26(2,3)4)35-22(20)24(32)33)18-10-12-19(13-11-18)34-25-28-27-15-29(25)5/h14-19H,6-13H2,1-5H3,(H,32,33)/t16-,17-,18-,19+. The SMILES string of the molecule is Cn1cnnc1S[C@H]1CC[C@@H](N(c2cc(C(C)(C)C)sc2C(=O)O)C(=O)[C@H]2CC[C@H](C)CC2)CC1. The predicted molar refractivity (Wildman–Crippen MR) is 141 cm³/mol. The number of carbonyl (C=O) groups is 2. The summed E-state index contributed by atoms with van der Waals surface area (Å²) in [6, 6.07) is 2.01. The summed E-state index contributed by atoms with van der Waals surface area (Å²) in [5.41, 5.74) is 0.437. The Morgan fingerprint density at radius 3 is 2.31 bits per heavy atom. The number of carbonyl (C=O) groups excluding carboxylic acids is 1. The van der Waals surface area contributed by atoms with E-state index in [9.17, 15) is 14.7 Å². The number of hydrogen-bond donors (Lipinski definition) is 1. The largest absolute Gasteiger partial charge is 0.477 e. The zero-order valence-corrected chi connectivity index (χ0v) is 23.1. The number of thiophene rings is 1. The highest BCUT2D eigenvalue weighted by atomic mass is 32.2. The van der Waals surface area contributed by atoms with Gasteiger partial charge in [-0.1, -0.05) is 39.5 Å². The fourth-order valence-corrected chi connectivity index (χ4v) is 7.39. The Balaban J connectivity index is 1.61. The molecule has 2 heterocycles. The number of carboxylic acid groups (broad SMARTS) is 1. The molecule has 7 nitrogen and oxygen atoms in total. The van der Waals surface area contributed by atoms with E-state index in [-0.39, 0.29) is 23.3 Å². The summed E-state index contributed by atoms with van der Waals surface area (Å²) in [7, 11) is 1.95. The molecule has 0 unspecified atom stereocenters. The van der Waals surface area contributed by atoms with E-state index in [1.54, 1.807) is 18.1 Å². The molecule has 0 aromatic carbocycles. The van der Waals surface area contributed by atoms with Crippen molar-refractivity contribution in [3.05, 3.63) is 22.1 Å². The second-order valence-corrected chi connectivity index (χ2v) is 13.6. The first-order valence-electron chi connectivity index (χ1n) is 12.8. The fourth-order valence-electron chi connectivity index (χ4n) is 5.23. The fraction of sp³-hybridized carbons (Fsp3) is 0.692. The van der Waals surface area contributed by atoms with Gasteiger partial charge in [0.2, 0.25) is 5.91 Å².